The highest BCUT2D eigenvalue weighted by Gasteiger charge is 2.17. The van der Waals surface area contributed by atoms with Crippen molar-refractivity contribution < 1.29 is 4.52 Å². The van der Waals surface area contributed by atoms with Crippen LogP contribution in [0.3, 0.4) is 0 Å². The van der Waals surface area contributed by atoms with E-state index in [9.17, 15) is 0 Å². The van der Waals surface area contributed by atoms with Gasteiger partial charge in [0.2, 0.25) is 5.89 Å². The quantitative estimate of drug-likeness (QED) is 0.651. The van der Waals surface area contributed by atoms with Gasteiger partial charge in [0, 0.05) is 26.9 Å². The first kappa shape index (κ1) is 17.3. The van der Waals surface area contributed by atoms with E-state index in [0.29, 0.717) is 18.4 Å². The summed E-state index contributed by atoms with van der Waals surface area (Å²) >= 11 is 0. The molecule has 0 spiro atoms. The van der Waals surface area contributed by atoms with Crippen LogP contribution < -0.4 is 4.90 Å². The molecule has 3 aromatic heterocycles. The Bertz CT molecular complexity index is 852. The molecule has 25 heavy (non-hydrogen) atoms. The molecule has 3 heterocycles. The summed E-state index contributed by atoms with van der Waals surface area (Å²) in [6.07, 6.45) is 4.44. The maximum Gasteiger partial charge on any atom is 0.246 e. The fraction of sp³-hybridized carbons (Fsp3) is 0.588. The van der Waals surface area contributed by atoms with Crippen LogP contribution in [0.2, 0.25) is 0 Å². The van der Waals surface area contributed by atoms with E-state index < -0.39 is 0 Å². The van der Waals surface area contributed by atoms with Gasteiger partial charge < -0.3 is 9.42 Å². The standard InChI is InChI=1S/C17H25N7O/c1-6-7-13-20-16(12-9-18-24(5)17(12)21-13)23(4)10-15-19-14(22-25-15)8-11(2)3/h9,11H,6-8,10H2,1-5H3. The first-order valence-corrected chi connectivity index (χ1v) is 8.69. The van der Waals surface area contributed by atoms with E-state index in [4.69, 9.17) is 9.51 Å². The average molecular weight is 343 g/mol. The third kappa shape index (κ3) is 3.78. The Morgan fingerprint density at radius 3 is 2.72 bits per heavy atom. The fourth-order valence-electron chi connectivity index (χ4n) is 2.76. The zero-order valence-corrected chi connectivity index (χ0v) is 15.5. The summed E-state index contributed by atoms with van der Waals surface area (Å²) in [5, 5.41) is 9.30. The minimum absolute atomic E-state index is 0.497. The molecule has 0 unspecified atom stereocenters. The van der Waals surface area contributed by atoms with Crippen LogP contribution in [0.1, 0.15) is 44.7 Å². The molecule has 8 nitrogen and oxygen atoms in total. The lowest BCUT2D eigenvalue weighted by Gasteiger charge is -2.17. The number of aromatic nitrogens is 6. The van der Waals surface area contributed by atoms with E-state index in [-0.39, 0.29) is 0 Å². The van der Waals surface area contributed by atoms with Gasteiger partial charge in [0.1, 0.15) is 11.6 Å². The fourth-order valence-corrected chi connectivity index (χ4v) is 2.76. The summed E-state index contributed by atoms with van der Waals surface area (Å²) in [7, 11) is 3.86. The van der Waals surface area contributed by atoms with Gasteiger partial charge in [-0.3, -0.25) is 4.68 Å². The van der Waals surface area contributed by atoms with Gasteiger partial charge in [0.05, 0.1) is 18.1 Å². The van der Waals surface area contributed by atoms with Crippen molar-refractivity contribution in [1.29, 1.82) is 0 Å². The Morgan fingerprint density at radius 1 is 1.20 bits per heavy atom. The lowest BCUT2D eigenvalue weighted by atomic mass is 10.1. The van der Waals surface area contributed by atoms with Crippen LogP contribution in [-0.4, -0.2) is 36.9 Å². The molecule has 134 valence electrons. The third-order valence-corrected chi connectivity index (χ3v) is 3.93. The van der Waals surface area contributed by atoms with E-state index >= 15 is 0 Å². The van der Waals surface area contributed by atoms with E-state index in [0.717, 1.165) is 47.8 Å². The molecule has 0 aromatic carbocycles. The molecule has 3 aromatic rings. The average Bonchev–Trinajstić information content (AvgIpc) is 3.14. The highest BCUT2D eigenvalue weighted by atomic mass is 16.5. The number of fused-ring (bicyclic) bond motifs is 1. The zero-order valence-electron chi connectivity index (χ0n) is 15.5. The van der Waals surface area contributed by atoms with Crippen molar-refractivity contribution in [2.75, 3.05) is 11.9 Å². The van der Waals surface area contributed by atoms with E-state index in [1.54, 1.807) is 10.9 Å². The molecule has 0 amide bonds. The number of anilines is 1. The second-order valence-electron chi connectivity index (χ2n) is 6.78. The Balaban J connectivity index is 1.88. The Hall–Kier alpha value is -2.51. The molecule has 3 rings (SSSR count). The molecular weight excluding hydrogens is 318 g/mol. The highest BCUT2D eigenvalue weighted by molar-refractivity contribution is 5.86. The van der Waals surface area contributed by atoms with Crippen LogP contribution in [0, 0.1) is 5.92 Å². The Kier molecular flexibility index (Phi) is 4.96. The first-order chi connectivity index (χ1) is 12.0. The van der Waals surface area contributed by atoms with Crippen LogP contribution >= 0.6 is 0 Å². The van der Waals surface area contributed by atoms with Crippen LogP contribution in [-0.2, 0) is 26.4 Å². The van der Waals surface area contributed by atoms with E-state index in [1.165, 1.54) is 0 Å². The van der Waals surface area contributed by atoms with Gasteiger partial charge in [0.15, 0.2) is 11.5 Å². The predicted molar refractivity (Wildman–Crippen MR) is 95.2 cm³/mol. The van der Waals surface area contributed by atoms with Crippen molar-refractivity contribution in [3.8, 4) is 0 Å². The molecule has 0 atom stereocenters. The van der Waals surface area contributed by atoms with Crippen LogP contribution in [0.5, 0.6) is 0 Å². The molecule has 0 aliphatic rings. The van der Waals surface area contributed by atoms with Crippen LogP contribution in [0.15, 0.2) is 10.7 Å². The van der Waals surface area contributed by atoms with Crippen molar-refractivity contribution >= 4 is 16.9 Å². The van der Waals surface area contributed by atoms with Crippen LogP contribution in [0.4, 0.5) is 5.82 Å². The third-order valence-electron chi connectivity index (χ3n) is 3.93. The largest absolute Gasteiger partial charge is 0.350 e. The molecule has 0 saturated heterocycles. The Morgan fingerprint density at radius 2 is 2.00 bits per heavy atom. The second kappa shape index (κ2) is 7.16. The minimum Gasteiger partial charge on any atom is -0.350 e. The van der Waals surface area contributed by atoms with Crippen molar-refractivity contribution in [2.24, 2.45) is 13.0 Å². The molecule has 0 N–H and O–H groups in total. The van der Waals surface area contributed by atoms with Gasteiger partial charge in [-0.05, 0) is 12.3 Å². The van der Waals surface area contributed by atoms with Crippen molar-refractivity contribution in [3.63, 3.8) is 0 Å². The molecule has 0 aliphatic carbocycles. The van der Waals surface area contributed by atoms with Crippen molar-refractivity contribution in [3.05, 3.63) is 23.7 Å². The van der Waals surface area contributed by atoms with Crippen molar-refractivity contribution in [2.45, 2.75) is 46.6 Å². The number of aryl methyl sites for hydroxylation is 2. The van der Waals surface area contributed by atoms with Gasteiger partial charge in [0.25, 0.3) is 0 Å². The molecule has 8 heteroatoms. The molecule has 0 saturated carbocycles. The van der Waals surface area contributed by atoms with Gasteiger partial charge in [-0.15, -0.1) is 0 Å². The number of hydrogen-bond donors (Lipinski definition) is 0. The van der Waals surface area contributed by atoms with E-state index in [2.05, 4.69) is 41.0 Å². The summed E-state index contributed by atoms with van der Waals surface area (Å²) in [6.45, 7) is 6.89. The Labute approximate surface area is 147 Å². The maximum atomic E-state index is 5.39. The molecule has 0 aliphatic heterocycles. The highest BCUT2D eigenvalue weighted by Crippen LogP contribution is 2.24. The predicted octanol–water partition coefficient (Wildman–Crippen LogP) is 2.53. The second-order valence-corrected chi connectivity index (χ2v) is 6.78. The lowest BCUT2D eigenvalue weighted by Crippen LogP contribution is -2.19. The van der Waals surface area contributed by atoms with Crippen molar-refractivity contribution in [1.82, 2.24) is 29.9 Å². The summed E-state index contributed by atoms with van der Waals surface area (Å²) < 4.78 is 7.16. The summed E-state index contributed by atoms with van der Waals surface area (Å²) in [4.78, 5) is 15.8. The smallest absolute Gasteiger partial charge is 0.246 e. The zero-order chi connectivity index (χ0) is 18.0. The summed E-state index contributed by atoms with van der Waals surface area (Å²) in [6, 6.07) is 0. The van der Waals surface area contributed by atoms with Gasteiger partial charge >= 0.3 is 0 Å². The monoisotopic (exact) mass is 343 g/mol. The molecular formula is C17H25N7O. The maximum absolute atomic E-state index is 5.39. The number of nitrogens with zero attached hydrogens (tertiary/aromatic N) is 7. The summed E-state index contributed by atoms with van der Waals surface area (Å²) in [5.74, 6) is 3.50. The normalized spacial score (nSPS) is 11.6. The number of rotatable bonds is 7. The SMILES string of the molecule is CCCc1nc(N(C)Cc2nc(CC(C)C)no2)c2cnn(C)c2n1. The molecule has 0 bridgehead atoms. The van der Waals surface area contributed by atoms with Gasteiger partial charge in [-0.1, -0.05) is 25.9 Å². The number of hydrogen-bond acceptors (Lipinski definition) is 7. The van der Waals surface area contributed by atoms with Gasteiger partial charge in [-0.2, -0.15) is 10.1 Å². The molecule has 0 radical (unpaired) electrons. The first-order valence-electron chi connectivity index (χ1n) is 8.69. The van der Waals surface area contributed by atoms with Gasteiger partial charge in [-0.25, -0.2) is 9.97 Å². The topological polar surface area (TPSA) is 85.8 Å². The molecule has 0 fully saturated rings. The summed E-state index contributed by atoms with van der Waals surface area (Å²) in [5.41, 5.74) is 0.839. The lowest BCUT2D eigenvalue weighted by molar-refractivity contribution is 0.370. The minimum atomic E-state index is 0.497. The van der Waals surface area contributed by atoms with Crippen LogP contribution in [0.25, 0.3) is 11.0 Å². The van der Waals surface area contributed by atoms with E-state index in [1.807, 2.05) is 19.0 Å².